The maximum atomic E-state index is 10.9. The minimum Gasteiger partial charge on any atom is -1.00 e. The lowest BCUT2D eigenvalue weighted by molar-refractivity contribution is -0.939. The van der Waals surface area contributed by atoms with E-state index in [-0.39, 0.29) is 18.4 Å². The number of rotatable bonds is 4. The average Bonchev–Trinajstić information content (AvgIpc) is 2.22. The van der Waals surface area contributed by atoms with Crippen LogP contribution in [0.3, 0.4) is 0 Å². The monoisotopic (exact) mass is 249 g/mol. The highest BCUT2D eigenvalue weighted by Gasteiger charge is 2.32. The van der Waals surface area contributed by atoms with E-state index < -0.39 is 0 Å². The summed E-state index contributed by atoms with van der Waals surface area (Å²) in [5.41, 5.74) is 0. The number of nitrogens with zero attached hydrogens (tertiary/aromatic N) is 1. The van der Waals surface area contributed by atoms with Crippen molar-refractivity contribution in [2.24, 2.45) is 0 Å². The molecule has 1 heterocycles. The number of halogens is 1. The molecule has 16 heavy (non-hydrogen) atoms. The van der Waals surface area contributed by atoms with E-state index in [1.807, 2.05) is 0 Å². The van der Waals surface area contributed by atoms with E-state index in [0.29, 0.717) is 12.6 Å². The lowest BCUT2D eigenvalue weighted by Crippen LogP contribution is -3.00. The average molecular weight is 250 g/mol. The topological polar surface area (TPSA) is 35.5 Å². The van der Waals surface area contributed by atoms with E-state index in [0.717, 1.165) is 30.8 Å². The Labute approximate surface area is 103 Å². The van der Waals surface area contributed by atoms with Crippen molar-refractivity contribution in [1.29, 1.82) is 0 Å². The summed E-state index contributed by atoms with van der Waals surface area (Å²) in [5.74, 6) is -0.345. The first kappa shape index (κ1) is 15.4. The fraction of sp³-hybridized carbons (Fsp3) is 0.727. The van der Waals surface area contributed by atoms with Gasteiger partial charge in [-0.05, 0) is 6.92 Å². The number of hydrogen-bond acceptors (Lipinski definition) is 3. The molecule has 0 amide bonds. The Morgan fingerprint density at radius 3 is 2.94 bits per heavy atom. The molecular formula is C11H20ClNO3. The smallest absolute Gasteiger partial charge is 0.330 e. The van der Waals surface area contributed by atoms with E-state index in [1.54, 1.807) is 0 Å². The van der Waals surface area contributed by atoms with Crippen LogP contribution >= 0.6 is 0 Å². The predicted molar refractivity (Wildman–Crippen MR) is 57.4 cm³/mol. The maximum absolute atomic E-state index is 10.9. The molecule has 1 aliphatic rings. The van der Waals surface area contributed by atoms with Gasteiger partial charge in [-0.2, -0.15) is 0 Å². The summed E-state index contributed by atoms with van der Waals surface area (Å²) >= 11 is 0. The quantitative estimate of drug-likeness (QED) is 0.316. The molecule has 0 aromatic rings. The lowest BCUT2D eigenvalue weighted by Gasteiger charge is -2.42. The van der Waals surface area contributed by atoms with E-state index in [2.05, 4.69) is 20.6 Å². The molecule has 0 aromatic carbocycles. The first-order chi connectivity index (χ1) is 7.08. The molecule has 0 spiro atoms. The van der Waals surface area contributed by atoms with Crippen molar-refractivity contribution in [3.8, 4) is 0 Å². The highest BCUT2D eigenvalue weighted by molar-refractivity contribution is 5.81. The molecule has 2 atom stereocenters. The first-order valence-electron chi connectivity index (χ1n) is 5.29. The van der Waals surface area contributed by atoms with Crippen LogP contribution < -0.4 is 12.4 Å². The fourth-order valence-corrected chi connectivity index (χ4v) is 1.67. The van der Waals surface area contributed by atoms with Gasteiger partial charge >= 0.3 is 5.97 Å². The van der Waals surface area contributed by atoms with Crippen LogP contribution in [0.25, 0.3) is 0 Å². The zero-order valence-electron chi connectivity index (χ0n) is 9.95. The van der Waals surface area contributed by atoms with Gasteiger partial charge in [0.25, 0.3) is 0 Å². The number of ether oxygens (including phenoxy) is 2. The van der Waals surface area contributed by atoms with Crippen molar-refractivity contribution < 1.29 is 31.2 Å². The summed E-state index contributed by atoms with van der Waals surface area (Å²) < 4.78 is 11.3. The molecule has 0 radical (unpaired) electrons. The first-order valence-corrected chi connectivity index (χ1v) is 5.29. The number of hydrogen-bond donors (Lipinski definition) is 0. The normalized spacial score (nSPS) is 29.0. The molecule has 4 nitrogen and oxygen atoms in total. The Bertz CT molecular complexity index is 247. The lowest BCUT2D eigenvalue weighted by atomic mass is 10.2. The van der Waals surface area contributed by atoms with Gasteiger partial charge in [-0.15, -0.1) is 0 Å². The van der Waals surface area contributed by atoms with Gasteiger partial charge in [0.1, 0.15) is 25.7 Å². The number of carbonyl (C=O) groups is 1. The minimum absolute atomic E-state index is 0. The highest BCUT2D eigenvalue weighted by Crippen LogP contribution is 2.14. The molecule has 1 saturated heterocycles. The van der Waals surface area contributed by atoms with Gasteiger partial charge in [-0.3, -0.25) is 0 Å². The molecule has 1 fully saturated rings. The van der Waals surface area contributed by atoms with Crippen LogP contribution in [0.4, 0.5) is 0 Å². The van der Waals surface area contributed by atoms with Crippen LogP contribution in [0.15, 0.2) is 12.7 Å². The molecule has 5 heteroatoms. The van der Waals surface area contributed by atoms with Crippen LogP contribution in [-0.4, -0.2) is 56.5 Å². The number of esters is 1. The molecule has 0 saturated carbocycles. The van der Waals surface area contributed by atoms with Crippen molar-refractivity contribution in [3.63, 3.8) is 0 Å². The Morgan fingerprint density at radius 2 is 2.38 bits per heavy atom. The zero-order chi connectivity index (χ0) is 11.3. The van der Waals surface area contributed by atoms with Gasteiger partial charge in [0.05, 0.1) is 20.3 Å². The zero-order valence-corrected chi connectivity index (χ0v) is 10.7. The van der Waals surface area contributed by atoms with Crippen LogP contribution in [0.5, 0.6) is 0 Å². The second-order valence-corrected chi connectivity index (χ2v) is 4.22. The summed E-state index contributed by atoms with van der Waals surface area (Å²) in [6.07, 6.45) is 1.20. The van der Waals surface area contributed by atoms with Gasteiger partial charge in [0.2, 0.25) is 0 Å². The van der Waals surface area contributed by atoms with Crippen LogP contribution in [0, 0.1) is 0 Å². The minimum atomic E-state index is -0.345. The Kier molecular flexibility index (Phi) is 6.64. The third kappa shape index (κ3) is 4.12. The van der Waals surface area contributed by atoms with Gasteiger partial charge in [0.15, 0.2) is 0 Å². The standard InChI is InChI=1S/C11H20NO3.ClH/c1-4-11(13)15-8-6-12(3)5-7-14-9-10(12)2;/h4,10H,1,5-9H2,2-3H3;1H/q+1;/p-1. The van der Waals surface area contributed by atoms with E-state index in [4.69, 9.17) is 9.47 Å². The summed E-state index contributed by atoms with van der Waals surface area (Å²) in [5, 5.41) is 0. The summed E-state index contributed by atoms with van der Waals surface area (Å²) in [6.45, 7) is 9.36. The van der Waals surface area contributed by atoms with Gasteiger partial charge in [-0.1, -0.05) is 6.58 Å². The molecule has 0 bridgehead atoms. The van der Waals surface area contributed by atoms with Crippen LogP contribution in [0.1, 0.15) is 6.92 Å². The number of morpholine rings is 1. The Morgan fingerprint density at radius 1 is 1.69 bits per heavy atom. The number of likely N-dealkylation sites (N-methyl/N-ethyl adjacent to an activating group) is 1. The van der Waals surface area contributed by atoms with Crippen molar-refractivity contribution in [2.45, 2.75) is 13.0 Å². The van der Waals surface area contributed by atoms with E-state index >= 15 is 0 Å². The van der Waals surface area contributed by atoms with Gasteiger partial charge in [-0.25, -0.2) is 4.79 Å². The molecule has 1 rings (SSSR count). The van der Waals surface area contributed by atoms with Crippen LogP contribution in [-0.2, 0) is 14.3 Å². The second-order valence-electron chi connectivity index (χ2n) is 4.22. The predicted octanol–water partition coefficient (Wildman–Crippen LogP) is -2.42. The van der Waals surface area contributed by atoms with Crippen molar-refractivity contribution in [1.82, 2.24) is 0 Å². The van der Waals surface area contributed by atoms with Gasteiger partial charge in [0, 0.05) is 6.08 Å². The third-order valence-corrected chi connectivity index (χ3v) is 3.18. The highest BCUT2D eigenvalue weighted by atomic mass is 35.5. The van der Waals surface area contributed by atoms with Crippen LogP contribution in [0.2, 0.25) is 0 Å². The van der Waals surface area contributed by atoms with E-state index in [9.17, 15) is 4.79 Å². The SMILES string of the molecule is C=CC(=O)OCC[N+]1(C)CCOCC1C.[Cl-]. The summed E-state index contributed by atoms with van der Waals surface area (Å²) in [6, 6.07) is 0.459. The third-order valence-electron chi connectivity index (χ3n) is 3.18. The Balaban J connectivity index is 0.00000225. The number of carbonyl (C=O) groups excluding carboxylic acids is 1. The second kappa shape index (κ2) is 6.89. The number of quaternary nitrogens is 1. The van der Waals surface area contributed by atoms with E-state index in [1.165, 1.54) is 6.08 Å². The molecule has 2 unspecified atom stereocenters. The summed E-state index contributed by atoms with van der Waals surface area (Å²) in [7, 11) is 2.18. The molecule has 0 aliphatic carbocycles. The molecular weight excluding hydrogens is 230 g/mol. The molecule has 0 aromatic heterocycles. The fourth-order valence-electron chi connectivity index (χ4n) is 1.67. The maximum Gasteiger partial charge on any atom is 0.330 e. The molecule has 0 N–H and O–H groups in total. The molecule has 94 valence electrons. The van der Waals surface area contributed by atoms with Crippen molar-refractivity contribution >= 4 is 5.97 Å². The van der Waals surface area contributed by atoms with Crippen molar-refractivity contribution in [2.75, 3.05) is 40.0 Å². The van der Waals surface area contributed by atoms with Gasteiger partial charge < -0.3 is 26.4 Å². The largest absolute Gasteiger partial charge is 1.00 e. The Hall–Kier alpha value is -0.580. The molecule has 1 aliphatic heterocycles. The summed E-state index contributed by atoms with van der Waals surface area (Å²) in [4.78, 5) is 10.9. The van der Waals surface area contributed by atoms with Crippen molar-refractivity contribution in [3.05, 3.63) is 12.7 Å².